The number of likely N-dealkylation sites (tertiary alicyclic amines) is 1. The molecule has 0 spiro atoms. The van der Waals surface area contributed by atoms with Gasteiger partial charge in [0.25, 0.3) is 0 Å². The Kier molecular flexibility index (Phi) is 3.24. The molecule has 2 rings (SSSR count). The second-order valence-electron chi connectivity index (χ2n) is 3.53. The van der Waals surface area contributed by atoms with Crippen LogP contribution in [0.25, 0.3) is 0 Å². The van der Waals surface area contributed by atoms with E-state index in [1.807, 2.05) is 24.3 Å². The Bertz CT molecular complexity index is 418. The van der Waals surface area contributed by atoms with E-state index < -0.39 is 0 Å². The minimum atomic E-state index is -0.107. The van der Waals surface area contributed by atoms with E-state index in [9.17, 15) is 9.59 Å². The molecule has 2 amide bonds. The zero-order valence-corrected chi connectivity index (χ0v) is 10.2. The predicted octanol–water partition coefficient (Wildman–Crippen LogP) is 1.97. The molecule has 0 aliphatic carbocycles. The van der Waals surface area contributed by atoms with Crippen LogP contribution in [0.3, 0.4) is 0 Å². The normalized spacial score (nSPS) is 15.7. The number of nitrogens with zero attached hydrogens (tertiary/aromatic N) is 1. The third-order valence-electron chi connectivity index (χ3n) is 2.46. The van der Waals surface area contributed by atoms with Gasteiger partial charge < -0.3 is 5.32 Å². The first kappa shape index (κ1) is 11.1. The lowest BCUT2D eigenvalue weighted by atomic mass is 10.3. The molecular formula is C11H11BrN2O2. The molecule has 0 bridgehead atoms. The van der Waals surface area contributed by atoms with Crippen LogP contribution in [-0.2, 0) is 9.59 Å². The van der Waals surface area contributed by atoms with Gasteiger partial charge >= 0.3 is 0 Å². The van der Waals surface area contributed by atoms with Gasteiger partial charge in [-0.1, -0.05) is 12.1 Å². The van der Waals surface area contributed by atoms with Gasteiger partial charge in [-0.3, -0.25) is 14.5 Å². The van der Waals surface area contributed by atoms with E-state index in [1.165, 1.54) is 4.90 Å². The second kappa shape index (κ2) is 4.65. The quantitative estimate of drug-likeness (QED) is 0.863. The van der Waals surface area contributed by atoms with Gasteiger partial charge in [0.15, 0.2) is 0 Å². The number of hydrogen-bond acceptors (Lipinski definition) is 3. The van der Waals surface area contributed by atoms with E-state index in [0.29, 0.717) is 12.8 Å². The van der Waals surface area contributed by atoms with Crippen molar-refractivity contribution in [3.63, 3.8) is 0 Å². The summed E-state index contributed by atoms with van der Waals surface area (Å²) in [5, 5.41) is 3.05. The maximum Gasteiger partial charge on any atom is 0.231 e. The Hall–Kier alpha value is -1.36. The number of imide groups is 1. The van der Waals surface area contributed by atoms with E-state index >= 15 is 0 Å². The van der Waals surface area contributed by atoms with Crippen LogP contribution in [0.2, 0.25) is 0 Å². The summed E-state index contributed by atoms with van der Waals surface area (Å²) in [5.41, 5.74) is 0.870. The first-order chi connectivity index (χ1) is 7.68. The Morgan fingerprint density at radius 3 is 2.44 bits per heavy atom. The molecule has 1 aliphatic heterocycles. The zero-order valence-electron chi connectivity index (χ0n) is 8.57. The molecule has 5 heteroatoms. The molecule has 0 atom stereocenters. The van der Waals surface area contributed by atoms with Crippen LogP contribution in [0, 0.1) is 0 Å². The van der Waals surface area contributed by atoms with Crippen molar-refractivity contribution in [2.45, 2.75) is 12.8 Å². The zero-order chi connectivity index (χ0) is 11.5. The molecule has 1 heterocycles. The molecule has 1 aliphatic rings. The van der Waals surface area contributed by atoms with Gasteiger partial charge in [0.1, 0.15) is 0 Å². The standard InChI is InChI=1S/C11H11BrN2O2/c12-8-3-1-2-4-9(8)13-7-14-10(15)5-6-11(14)16/h1-4,13H,5-7H2. The van der Waals surface area contributed by atoms with Crippen LogP contribution in [0.15, 0.2) is 28.7 Å². The fraction of sp³-hybridized carbons (Fsp3) is 0.273. The highest BCUT2D eigenvalue weighted by atomic mass is 79.9. The van der Waals surface area contributed by atoms with Gasteiger partial charge in [0.2, 0.25) is 11.8 Å². The number of carbonyl (C=O) groups excluding carboxylic acids is 2. The van der Waals surface area contributed by atoms with Crippen molar-refractivity contribution in [2.75, 3.05) is 12.0 Å². The monoisotopic (exact) mass is 282 g/mol. The summed E-state index contributed by atoms with van der Waals surface area (Å²) in [6, 6.07) is 7.58. The molecule has 1 aromatic rings. The van der Waals surface area contributed by atoms with Gasteiger partial charge in [-0.05, 0) is 28.1 Å². The molecule has 16 heavy (non-hydrogen) atoms. The smallest absolute Gasteiger partial charge is 0.231 e. The highest BCUT2D eigenvalue weighted by Gasteiger charge is 2.28. The molecule has 0 aromatic heterocycles. The van der Waals surface area contributed by atoms with Gasteiger partial charge in [0, 0.05) is 23.0 Å². The summed E-state index contributed by atoms with van der Waals surface area (Å²) in [6.07, 6.45) is 0.660. The van der Waals surface area contributed by atoms with Gasteiger partial charge in [-0.15, -0.1) is 0 Å². The van der Waals surface area contributed by atoms with Crippen LogP contribution < -0.4 is 5.32 Å². The summed E-state index contributed by atoms with van der Waals surface area (Å²) < 4.78 is 0.911. The van der Waals surface area contributed by atoms with Crippen molar-refractivity contribution in [1.82, 2.24) is 4.90 Å². The largest absolute Gasteiger partial charge is 0.366 e. The summed E-state index contributed by atoms with van der Waals surface area (Å²) in [6.45, 7) is 0.236. The number of hydrogen-bond donors (Lipinski definition) is 1. The van der Waals surface area contributed by atoms with E-state index in [-0.39, 0.29) is 18.5 Å². The lowest BCUT2D eigenvalue weighted by Gasteiger charge is -2.16. The number of halogens is 1. The minimum Gasteiger partial charge on any atom is -0.366 e. The molecule has 1 N–H and O–H groups in total. The van der Waals surface area contributed by atoms with E-state index in [0.717, 1.165) is 10.2 Å². The van der Waals surface area contributed by atoms with Crippen LogP contribution in [0.5, 0.6) is 0 Å². The van der Waals surface area contributed by atoms with Crippen molar-refractivity contribution >= 4 is 33.4 Å². The molecule has 1 fully saturated rings. The summed E-state index contributed by atoms with van der Waals surface area (Å²) in [4.78, 5) is 23.9. The Labute approximate surface area is 102 Å². The van der Waals surface area contributed by atoms with Crippen molar-refractivity contribution in [3.8, 4) is 0 Å². The van der Waals surface area contributed by atoms with Gasteiger partial charge in [-0.2, -0.15) is 0 Å². The fourth-order valence-corrected chi connectivity index (χ4v) is 1.99. The highest BCUT2D eigenvalue weighted by molar-refractivity contribution is 9.10. The first-order valence-electron chi connectivity index (χ1n) is 5.00. The number of carbonyl (C=O) groups is 2. The first-order valence-corrected chi connectivity index (χ1v) is 5.79. The Balaban J connectivity index is 2.00. The highest BCUT2D eigenvalue weighted by Crippen LogP contribution is 2.21. The summed E-state index contributed by atoms with van der Waals surface area (Å²) in [5.74, 6) is -0.214. The fourth-order valence-electron chi connectivity index (χ4n) is 1.57. The third-order valence-corrected chi connectivity index (χ3v) is 3.15. The summed E-state index contributed by atoms with van der Waals surface area (Å²) >= 11 is 3.39. The van der Waals surface area contributed by atoms with Crippen molar-refractivity contribution in [2.24, 2.45) is 0 Å². The summed E-state index contributed by atoms with van der Waals surface area (Å²) in [7, 11) is 0. The van der Waals surface area contributed by atoms with E-state index in [1.54, 1.807) is 0 Å². The Morgan fingerprint density at radius 2 is 1.81 bits per heavy atom. The van der Waals surface area contributed by atoms with Crippen LogP contribution in [0.4, 0.5) is 5.69 Å². The number of benzene rings is 1. The van der Waals surface area contributed by atoms with E-state index in [2.05, 4.69) is 21.2 Å². The second-order valence-corrected chi connectivity index (χ2v) is 4.38. The number of rotatable bonds is 3. The van der Waals surface area contributed by atoms with Gasteiger partial charge in [0.05, 0.1) is 6.67 Å². The number of amides is 2. The lowest BCUT2D eigenvalue weighted by molar-refractivity contribution is -0.137. The Morgan fingerprint density at radius 1 is 1.19 bits per heavy atom. The average Bonchev–Trinajstić information content (AvgIpc) is 2.58. The topological polar surface area (TPSA) is 49.4 Å². The third kappa shape index (κ3) is 2.24. The number of anilines is 1. The molecule has 4 nitrogen and oxygen atoms in total. The van der Waals surface area contributed by atoms with Crippen LogP contribution >= 0.6 is 15.9 Å². The molecule has 1 saturated heterocycles. The SMILES string of the molecule is O=C1CCC(=O)N1CNc1ccccc1Br. The molecular weight excluding hydrogens is 272 g/mol. The maximum atomic E-state index is 11.3. The molecule has 84 valence electrons. The molecule has 0 radical (unpaired) electrons. The van der Waals surface area contributed by atoms with E-state index in [4.69, 9.17) is 0 Å². The number of nitrogens with one attached hydrogen (secondary N) is 1. The number of para-hydroxylation sites is 1. The van der Waals surface area contributed by atoms with Crippen molar-refractivity contribution in [3.05, 3.63) is 28.7 Å². The van der Waals surface area contributed by atoms with Crippen LogP contribution in [0.1, 0.15) is 12.8 Å². The van der Waals surface area contributed by atoms with Crippen LogP contribution in [-0.4, -0.2) is 23.4 Å². The predicted molar refractivity (Wildman–Crippen MR) is 63.7 cm³/mol. The molecule has 0 unspecified atom stereocenters. The van der Waals surface area contributed by atoms with Crippen molar-refractivity contribution < 1.29 is 9.59 Å². The minimum absolute atomic E-state index is 0.107. The molecule has 0 saturated carbocycles. The van der Waals surface area contributed by atoms with Gasteiger partial charge in [-0.25, -0.2) is 0 Å². The molecule has 1 aromatic carbocycles. The maximum absolute atomic E-state index is 11.3. The average molecular weight is 283 g/mol. The lowest BCUT2D eigenvalue weighted by Crippen LogP contribution is -2.33. The van der Waals surface area contributed by atoms with Crippen molar-refractivity contribution in [1.29, 1.82) is 0 Å².